The molecule has 0 aliphatic heterocycles. The van der Waals surface area contributed by atoms with Crippen LogP contribution in [0.1, 0.15) is 61.7 Å². The van der Waals surface area contributed by atoms with Crippen molar-refractivity contribution in [1.82, 2.24) is 0 Å². The lowest BCUT2D eigenvalue weighted by atomic mass is 9.78. The van der Waals surface area contributed by atoms with Crippen LogP contribution in [-0.4, -0.2) is 11.1 Å². The van der Waals surface area contributed by atoms with Gasteiger partial charge < -0.3 is 5.11 Å². The van der Waals surface area contributed by atoms with Crippen molar-refractivity contribution in [2.75, 3.05) is 0 Å². The third kappa shape index (κ3) is 4.22. The van der Waals surface area contributed by atoms with Crippen LogP contribution in [0.2, 0.25) is 0 Å². The molecule has 0 bridgehead atoms. The molecule has 0 radical (unpaired) electrons. The molecule has 0 aromatic heterocycles. The highest BCUT2D eigenvalue weighted by Crippen LogP contribution is 2.29. The Morgan fingerprint density at radius 1 is 0.826 bits per heavy atom. The Labute approximate surface area is 139 Å². The molecular formula is C21H26O2. The van der Waals surface area contributed by atoms with Crippen molar-refractivity contribution in [2.45, 2.75) is 51.9 Å². The van der Waals surface area contributed by atoms with Gasteiger partial charge in [0.05, 0.1) is 5.56 Å². The molecule has 0 spiro atoms. The van der Waals surface area contributed by atoms with E-state index in [2.05, 4.69) is 58.9 Å². The molecule has 1 N–H and O–H groups in total. The predicted molar refractivity (Wildman–Crippen MR) is 95.3 cm³/mol. The van der Waals surface area contributed by atoms with Gasteiger partial charge in [-0.05, 0) is 46.1 Å². The van der Waals surface area contributed by atoms with E-state index in [9.17, 15) is 4.79 Å². The minimum atomic E-state index is -0.882. The first-order valence-corrected chi connectivity index (χ1v) is 8.03. The zero-order valence-electron chi connectivity index (χ0n) is 14.7. The van der Waals surface area contributed by atoms with Gasteiger partial charge >= 0.3 is 5.97 Å². The normalized spacial score (nSPS) is 12.2. The van der Waals surface area contributed by atoms with Crippen molar-refractivity contribution in [1.29, 1.82) is 0 Å². The molecule has 0 aliphatic rings. The Morgan fingerprint density at radius 2 is 1.30 bits per heavy atom. The predicted octanol–water partition coefficient (Wildman–Crippen LogP) is 5.20. The van der Waals surface area contributed by atoms with Gasteiger partial charge in [0.1, 0.15) is 0 Å². The molecule has 2 nitrogen and oxygen atoms in total. The van der Waals surface area contributed by atoms with Crippen molar-refractivity contribution in [2.24, 2.45) is 0 Å². The summed E-state index contributed by atoms with van der Waals surface area (Å²) in [5, 5.41) is 9.01. The minimum absolute atomic E-state index is 0.0414. The number of hydrogen-bond donors (Lipinski definition) is 1. The Hall–Kier alpha value is -2.09. The molecular weight excluding hydrogens is 284 g/mol. The average Bonchev–Trinajstić information content (AvgIpc) is 2.46. The van der Waals surface area contributed by atoms with Gasteiger partial charge in [0, 0.05) is 0 Å². The number of hydrogen-bond acceptors (Lipinski definition) is 1. The van der Waals surface area contributed by atoms with Crippen LogP contribution in [0.4, 0.5) is 0 Å². The summed E-state index contributed by atoms with van der Waals surface area (Å²) in [6.07, 6.45) is 0.920. The van der Waals surface area contributed by atoms with Crippen LogP contribution in [0, 0.1) is 0 Å². The van der Waals surface area contributed by atoms with Crippen LogP contribution < -0.4 is 0 Å². The van der Waals surface area contributed by atoms with E-state index in [1.54, 1.807) is 12.1 Å². The molecule has 23 heavy (non-hydrogen) atoms. The highest BCUT2D eigenvalue weighted by Gasteiger charge is 2.22. The Bertz CT molecular complexity index is 671. The van der Waals surface area contributed by atoms with Gasteiger partial charge in [-0.3, -0.25) is 0 Å². The Morgan fingerprint density at radius 3 is 1.74 bits per heavy atom. The molecule has 0 saturated heterocycles. The number of carboxylic acid groups (broad SMARTS) is 1. The average molecular weight is 310 g/mol. The molecule has 0 saturated carbocycles. The highest BCUT2D eigenvalue weighted by atomic mass is 16.4. The van der Waals surface area contributed by atoms with Crippen LogP contribution in [0.3, 0.4) is 0 Å². The van der Waals surface area contributed by atoms with Crippen molar-refractivity contribution in [3.8, 4) is 0 Å². The lowest BCUT2D eigenvalue weighted by Gasteiger charge is -2.26. The second-order valence-corrected chi connectivity index (χ2v) is 7.89. The van der Waals surface area contributed by atoms with Crippen molar-refractivity contribution < 1.29 is 9.90 Å². The molecule has 2 aromatic rings. The first-order chi connectivity index (χ1) is 10.6. The maximum atomic E-state index is 11.0. The smallest absolute Gasteiger partial charge is 0.335 e. The summed E-state index contributed by atoms with van der Waals surface area (Å²) in [4.78, 5) is 11.0. The van der Waals surface area contributed by atoms with E-state index < -0.39 is 5.97 Å². The SMILES string of the molecule is CC(C)(C)c1ccc(CC(C)(C)c2ccc(C(=O)O)cc2)cc1. The molecule has 2 aromatic carbocycles. The monoisotopic (exact) mass is 310 g/mol. The van der Waals surface area contributed by atoms with Gasteiger partial charge in [-0.15, -0.1) is 0 Å². The fraction of sp³-hybridized carbons (Fsp3) is 0.381. The third-order valence-electron chi connectivity index (χ3n) is 4.38. The lowest BCUT2D eigenvalue weighted by molar-refractivity contribution is 0.0697. The van der Waals surface area contributed by atoms with Gasteiger partial charge in [-0.25, -0.2) is 4.79 Å². The quantitative estimate of drug-likeness (QED) is 0.842. The van der Waals surface area contributed by atoms with Crippen LogP contribution in [0.5, 0.6) is 0 Å². The van der Waals surface area contributed by atoms with Crippen LogP contribution in [0.15, 0.2) is 48.5 Å². The highest BCUT2D eigenvalue weighted by molar-refractivity contribution is 5.87. The molecule has 0 atom stereocenters. The summed E-state index contributed by atoms with van der Waals surface area (Å²) in [7, 11) is 0. The third-order valence-corrected chi connectivity index (χ3v) is 4.38. The van der Waals surface area contributed by atoms with Crippen LogP contribution >= 0.6 is 0 Å². The maximum absolute atomic E-state index is 11.0. The molecule has 0 aliphatic carbocycles. The largest absolute Gasteiger partial charge is 0.478 e. The lowest BCUT2D eigenvalue weighted by Crippen LogP contribution is -2.21. The summed E-state index contributed by atoms with van der Waals surface area (Å²) < 4.78 is 0. The fourth-order valence-corrected chi connectivity index (χ4v) is 2.80. The summed E-state index contributed by atoms with van der Waals surface area (Å²) in [5.41, 5.74) is 4.25. The van der Waals surface area contributed by atoms with Crippen LogP contribution in [-0.2, 0) is 17.3 Å². The topological polar surface area (TPSA) is 37.3 Å². The number of benzene rings is 2. The maximum Gasteiger partial charge on any atom is 0.335 e. The van der Waals surface area contributed by atoms with Crippen molar-refractivity contribution >= 4 is 5.97 Å². The minimum Gasteiger partial charge on any atom is -0.478 e. The number of carbonyl (C=O) groups is 1. The van der Waals surface area contributed by atoms with E-state index in [0.29, 0.717) is 5.56 Å². The first-order valence-electron chi connectivity index (χ1n) is 8.03. The van der Waals surface area contributed by atoms with Crippen LogP contribution in [0.25, 0.3) is 0 Å². The van der Waals surface area contributed by atoms with Gasteiger partial charge in [0.2, 0.25) is 0 Å². The molecule has 122 valence electrons. The number of rotatable bonds is 4. The van der Waals surface area contributed by atoms with E-state index in [1.165, 1.54) is 11.1 Å². The van der Waals surface area contributed by atoms with Gasteiger partial charge in [0.25, 0.3) is 0 Å². The number of aromatic carboxylic acids is 1. The summed E-state index contributed by atoms with van der Waals surface area (Å²) >= 11 is 0. The van der Waals surface area contributed by atoms with Gasteiger partial charge in [-0.2, -0.15) is 0 Å². The molecule has 2 heteroatoms. The second kappa shape index (κ2) is 6.19. The summed E-state index contributed by atoms with van der Waals surface area (Å²) in [5.74, 6) is -0.882. The zero-order chi connectivity index (χ0) is 17.3. The van der Waals surface area contributed by atoms with Gasteiger partial charge in [-0.1, -0.05) is 71.0 Å². The summed E-state index contributed by atoms with van der Waals surface area (Å²) in [6, 6.07) is 16.0. The molecule has 0 fully saturated rings. The molecule has 2 rings (SSSR count). The van der Waals surface area contributed by atoms with Gasteiger partial charge in [0.15, 0.2) is 0 Å². The molecule has 0 heterocycles. The van der Waals surface area contributed by atoms with Crippen molar-refractivity contribution in [3.05, 3.63) is 70.8 Å². The molecule has 0 unspecified atom stereocenters. The van der Waals surface area contributed by atoms with E-state index in [1.807, 2.05) is 12.1 Å². The van der Waals surface area contributed by atoms with E-state index in [0.717, 1.165) is 12.0 Å². The second-order valence-electron chi connectivity index (χ2n) is 7.89. The van der Waals surface area contributed by atoms with E-state index in [-0.39, 0.29) is 10.8 Å². The van der Waals surface area contributed by atoms with E-state index in [4.69, 9.17) is 5.11 Å². The zero-order valence-corrected chi connectivity index (χ0v) is 14.7. The fourth-order valence-electron chi connectivity index (χ4n) is 2.80. The first kappa shape index (κ1) is 17.3. The molecule has 0 amide bonds. The Balaban J connectivity index is 2.18. The standard InChI is InChI=1S/C21H26O2/c1-20(2,3)17-10-6-15(7-11-17)14-21(4,5)18-12-8-16(9-13-18)19(22)23/h6-13H,14H2,1-5H3,(H,22,23). The van der Waals surface area contributed by atoms with E-state index >= 15 is 0 Å². The van der Waals surface area contributed by atoms with Crippen molar-refractivity contribution in [3.63, 3.8) is 0 Å². The Kier molecular flexibility index (Phi) is 4.65. The number of carboxylic acids is 1. The summed E-state index contributed by atoms with van der Waals surface area (Å²) in [6.45, 7) is 11.0.